The SMILES string of the molecule is CCCn1nccc1CNC1CCCC1NC(=O)OC(C)(C)C. The fourth-order valence-electron chi connectivity index (χ4n) is 3.00. The van der Waals surface area contributed by atoms with Gasteiger partial charge in [-0.25, -0.2) is 4.79 Å². The van der Waals surface area contributed by atoms with Gasteiger partial charge in [0.15, 0.2) is 0 Å². The standard InChI is InChI=1S/C17H30N4O2/c1-5-11-21-13(9-10-19-21)12-18-14-7-6-8-15(14)20-16(22)23-17(2,3)4/h9-10,14-15,18H,5-8,11-12H2,1-4H3,(H,20,22). The summed E-state index contributed by atoms with van der Waals surface area (Å²) in [4.78, 5) is 12.0. The van der Waals surface area contributed by atoms with Crippen LogP contribution in [0.15, 0.2) is 12.3 Å². The maximum absolute atomic E-state index is 12.0. The smallest absolute Gasteiger partial charge is 0.407 e. The molecular formula is C17H30N4O2. The molecule has 0 spiro atoms. The molecule has 1 aromatic rings. The van der Waals surface area contributed by atoms with Gasteiger partial charge in [-0.1, -0.05) is 6.92 Å². The Morgan fingerprint density at radius 3 is 2.83 bits per heavy atom. The summed E-state index contributed by atoms with van der Waals surface area (Å²) < 4.78 is 7.40. The highest BCUT2D eigenvalue weighted by Crippen LogP contribution is 2.20. The van der Waals surface area contributed by atoms with Crippen molar-refractivity contribution in [3.05, 3.63) is 18.0 Å². The molecule has 2 rings (SSSR count). The molecule has 1 saturated carbocycles. The van der Waals surface area contributed by atoms with Gasteiger partial charge >= 0.3 is 6.09 Å². The fourth-order valence-corrected chi connectivity index (χ4v) is 3.00. The molecule has 6 heteroatoms. The summed E-state index contributed by atoms with van der Waals surface area (Å²) in [6.45, 7) is 9.51. The van der Waals surface area contributed by atoms with Crippen LogP contribution in [0, 0.1) is 0 Å². The summed E-state index contributed by atoms with van der Waals surface area (Å²) in [5, 5.41) is 10.9. The van der Waals surface area contributed by atoms with Crippen molar-refractivity contribution < 1.29 is 9.53 Å². The third kappa shape index (κ3) is 5.53. The van der Waals surface area contributed by atoms with Crippen molar-refractivity contribution in [2.24, 2.45) is 0 Å². The molecule has 6 nitrogen and oxygen atoms in total. The van der Waals surface area contributed by atoms with Gasteiger partial charge in [-0.15, -0.1) is 0 Å². The van der Waals surface area contributed by atoms with E-state index in [1.165, 1.54) is 5.69 Å². The molecule has 0 aromatic carbocycles. The van der Waals surface area contributed by atoms with Crippen LogP contribution in [0.4, 0.5) is 4.79 Å². The summed E-state index contributed by atoms with van der Waals surface area (Å²) in [5.41, 5.74) is 0.730. The Morgan fingerprint density at radius 1 is 1.39 bits per heavy atom. The summed E-state index contributed by atoms with van der Waals surface area (Å²) in [6, 6.07) is 2.47. The van der Waals surface area contributed by atoms with Crippen LogP contribution in [0.2, 0.25) is 0 Å². The maximum Gasteiger partial charge on any atom is 0.407 e. The second-order valence-corrected chi connectivity index (χ2v) is 7.22. The van der Waals surface area contributed by atoms with Crippen LogP contribution in [0.1, 0.15) is 59.1 Å². The van der Waals surface area contributed by atoms with E-state index in [1.54, 1.807) is 0 Å². The van der Waals surface area contributed by atoms with E-state index >= 15 is 0 Å². The van der Waals surface area contributed by atoms with Crippen LogP contribution in [0.3, 0.4) is 0 Å². The molecule has 23 heavy (non-hydrogen) atoms. The largest absolute Gasteiger partial charge is 0.444 e. The van der Waals surface area contributed by atoms with E-state index in [0.717, 1.165) is 38.8 Å². The van der Waals surface area contributed by atoms with Crippen molar-refractivity contribution in [2.45, 2.75) is 84.2 Å². The van der Waals surface area contributed by atoms with Crippen LogP contribution >= 0.6 is 0 Å². The lowest BCUT2D eigenvalue weighted by molar-refractivity contribution is 0.0498. The lowest BCUT2D eigenvalue weighted by atomic mass is 10.1. The minimum Gasteiger partial charge on any atom is -0.444 e. The van der Waals surface area contributed by atoms with Gasteiger partial charge in [-0.05, 0) is 52.5 Å². The van der Waals surface area contributed by atoms with Crippen LogP contribution in [-0.2, 0) is 17.8 Å². The Kier molecular flexibility index (Phi) is 6.04. The number of hydrogen-bond donors (Lipinski definition) is 2. The minimum absolute atomic E-state index is 0.132. The van der Waals surface area contributed by atoms with E-state index < -0.39 is 5.60 Å². The van der Waals surface area contributed by atoms with Crippen molar-refractivity contribution in [3.63, 3.8) is 0 Å². The van der Waals surface area contributed by atoms with Gasteiger partial charge < -0.3 is 15.4 Å². The molecule has 1 aliphatic rings. The number of alkyl carbamates (subject to hydrolysis) is 1. The third-order valence-electron chi connectivity index (χ3n) is 4.00. The molecule has 1 aromatic heterocycles. The molecule has 2 N–H and O–H groups in total. The summed E-state index contributed by atoms with van der Waals surface area (Å²) >= 11 is 0. The van der Waals surface area contributed by atoms with E-state index in [2.05, 4.69) is 22.7 Å². The zero-order chi connectivity index (χ0) is 16.9. The first-order valence-electron chi connectivity index (χ1n) is 8.62. The lowest BCUT2D eigenvalue weighted by Gasteiger charge is -2.25. The number of ether oxygens (including phenoxy) is 1. The quantitative estimate of drug-likeness (QED) is 0.845. The highest BCUT2D eigenvalue weighted by Gasteiger charge is 2.29. The van der Waals surface area contributed by atoms with Crippen molar-refractivity contribution in [1.29, 1.82) is 0 Å². The van der Waals surface area contributed by atoms with Gasteiger partial charge in [-0.3, -0.25) is 4.68 Å². The third-order valence-corrected chi connectivity index (χ3v) is 4.00. The van der Waals surface area contributed by atoms with Crippen LogP contribution in [0.5, 0.6) is 0 Å². The van der Waals surface area contributed by atoms with Gasteiger partial charge in [-0.2, -0.15) is 5.10 Å². The monoisotopic (exact) mass is 322 g/mol. The van der Waals surface area contributed by atoms with Crippen molar-refractivity contribution >= 4 is 6.09 Å². The van der Waals surface area contributed by atoms with Crippen LogP contribution in [-0.4, -0.2) is 33.6 Å². The first-order valence-corrected chi connectivity index (χ1v) is 8.62. The Morgan fingerprint density at radius 2 is 2.13 bits per heavy atom. The van der Waals surface area contributed by atoms with Gasteiger partial charge in [0.25, 0.3) is 0 Å². The van der Waals surface area contributed by atoms with E-state index in [-0.39, 0.29) is 18.2 Å². The van der Waals surface area contributed by atoms with E-state index in [4.69, 9.17) is 4.74 Å². The predicted octanol–water partition coefficient (Wildman–Crippen LogP) is 2.83. The Hall–Kier alpha value is -1.56. The zero-order valence-electron chi connectivity index (χ0n) is 14.8. The van der Waals surface area contributed by atoms with Gasteiger partial charge in [0.1, 0.15) is 5.60 Å². The number of hydrogen-bond acceptors (Lipinski definition) is 4. The molecule has 130 valence electrons. The summed E-state index contributed by atoms with van der Waals surface area (Å²) in [7, 11) is 0. The topological polar surface area (TPSA) is 68.2 Å². The molecule has 1 aliphatic carbocycles. The van der Waals surface area contributed by atoms with Gasteiger partial charge in [0.05, 0.1) is 5.69 Å². The van der Waals surface area contributed by atoms with E-state index in [0.29, 0.717) is 0 Å². The van der Waals surface area contributed by atoms with E-state index in [9.17, 15) is 4.79 Å². The number of carbonyl (C=O) groups excluding carboxylic acids is 1. The average molecular weight is 322 g/mol. The highest BCUT2D eigenvalue weighted by molar-refractivity contribution is 5.68. The molecule has 2 unspecified atom stereocenters. The molecule has 1 heterocycles. The van der Waals surface area contributed by atoms with Crippen molar-refractivity contribution in [2.75, 3.05) is 0 Å². The van der Waals surface area contributed by atoms with Crippen LogP contribution in [0.25, 0.3) is 0 Å². The second-order valence-electron chi connectivity index (χ2n) is 7.22. The Bertz CT molecular complexity index is 507. The second kappa shape index (κ2) is 7.81. The number of aromatic nitrogens is 2. The van der Waals surface area contributed by atoms with E-state index in [1.807, 2.05) is 37.7 Å². The summed E-state index contributed by atoms with van der Waals surface area (Å²) in [5.74, 6) is 0. The molecular weight excluding hydrogens is 292 g/mol. The van der Waals surface area contributed by atoms with Crippen molar-refractivity contribution in [1.82, 2.24) is 20.4 Å². The lowest BCUT2D eigenvalue weighted by Crippen LogP contribution is -2.48. The number of rotatable bonds is 6. The predicted molar refractivity (Wildman–Crippen MR) is 90.2 cm³/mol. The molecule has 0 bridgehead atoms. The zero-order valence-corrected chi connectivity index (χ0v) is 14.8. The number of aryl methyl sites for hydroxylation is 1. The number of amides is 1. The Labute approximate surface area is 139 Å². The minimum atomic E-state index is -0.460. The molecule has 1 amide bonds. The molecule has 2 atom stereocenters. The first-order chi connectivity index (χ1) is 10.9. The fraction of sp³-hybridized carbons (Fsp3) is 0.765. The highest BCUT2D eigenvalue weighted by atomic mass is 16.6. The van der Waals surface area contributed by atoms with Crippen molar-refractivity contribution in [3.8, 4) is 0 Å². The number of nitrogens with zero attached hydrogens (tertiary/aromatic N) is 2. The maximum atomic E-state index is 12.0. The Balaban J connectivity index is 1.84. The molecule has 0 radical (unpaired) electrons. The normalized spacial score (nSPS) is 21.4. The van der Waals surface area contributed by atoms with Gasteiger partial charge in [0.2, 0.25) is 0 Å². The molecule has 0 saturated heterocycles. The van der Waals surface area contributed by atoms with Gasteiger partial charge in [0, 0.05) is 31.4 Å². The number of nitrogens with one attached hydrogen (secondary N) is 2. The summed E-state index contributed by atoms with van der Waals surface area (Å²) in [6.07, 6.45) is 5.77. The van der Waals surface area contributed by atoms with Crippen LogP contribution < -0.4 is 10.6 Å². The molecule has 1 fully saturated rings. The number of carbonyl (C=O) groups is 1. The average Bonchev–Trinajstić information content (AvgIpc) is 3.04. The first kappa shape index (κ1) is 17.8. The molecule has 0 aliphatic heterocycles.